The van der Waals surface area contributed by atoms with E-state index in [0.29, 0.717) is 6.54 Å². The third-order valence-electron chi connectivity index (χ3n) is 4.32. The van der Waals surface area contributed by atoms with Gasteiger partial charge in [-0.2, -0.15) is 0 Å². The molecule has 0 saturated carbocycles. The number of hydrogen-bond donors (Lipinski definition) is 0. The van der Waals surface area contributed by atoms with Gasteiger partial charge in [-0.25, -0.2) is 0 Å². The molecule has 146 valence electrons. The third-order valence-corrected chi connectivity index (χ3v) is 5.60. The van der Waals surface area contributed by atoms with Crippen molar-refractivity contribution in [1.29, 1.82) is 0 Å². The van der Waals surface area contributed by atoms with E-state index < -0.39 is 0 Å². The zero-order valence-corrected chi connectivity index (χ0v) is 17.7. The number of aromatic nitrogens is 3. The van der Waals surface area contributed by atoms with E-state index in [-0.39, 0.29) is 6.10 Å². The highest BCUT2D eigenvalue weighted by atomic mass is 35.5. The van der Waals surface area contributed by atoms with Crippen molar-refractivity contribution in [3.8, 4) is 5.75 Å². The summed E-state index contributed by atoms with van der Waals surface area (Å²) in [6.07, 6.45) is 2.64. The van der Waals surface area contributed by atoms with Crippen LogP contribution in [0.25, 0.3) is 0 Å². The normalized spacial score (nSPS) is 12.0. The van der Waals surface area contributed by atoms with Gasteiger partial charge in [-0.1, -0.05) is 60.6 Å². The molecule has 0 spiro atoms. The van der Waals surface area contributed by atoms with Crippen LogP contribution in [0.1, 0.15) is 36.9 Å². The first-order chi connectivity index (χ1) is 13.6. The maximum atomic E-state index is 6.09. The molecule has 1 unspecified atom stereocenters. The van der Waals surface area contributed by atoms with Crippen LogP contribution >= 0.6 is 23.4 Å². The van der Waals surface area contributed by atoms with Gasteiger partial charge in [-0.05, 0) is 48.7 Å². The Balaban J connectivity index is 1.74. The summed E-state index contributed by atoms with van der Waals surface area (Å²) < 4.78 is 8.14. The summed E-state index contributed by atoms with van der Waals surface area (Å²) in [5, 5.41) is 10.3. The van der Waals surface area contributed by atoms with Crippen LogP contribution in [0.3, 0.4) is 0 Å². The van der Waals surface area contributed by atoms with E-state index in [1.165, 1.54) is 5.56 Å². The average Bonchev–Trinajstić information content (AvgIpc) is 3.10. The summed E-state index contributed by atoms with van der Waals surface area (Å²) in [5.41, 5.74) is 2.43. The smallest absolute Gasteiger partial charge is 0.191 e. The molecular formula is C22H24ClN3OS. The lowest BCUT2D eigenvalue weighted by Gasteiger charge is -2.16. The van der Waals surface area contributed by atoms with Gasteiger partial charge in [0.2, 0.25) is 0 Å². The fourth-order valence-corrected chi connectivity index (χ4v) is 3.95. The second-order valence-corrected chi connectivity index (χ2v) is 7.80. The monoisotopic (exact) mass is 413 g/mol. The maximum absolute atomic E-state index is 6.09. The van der Waals surface area contributed by atoms with Gasteiger partial charge >= 0.3 is 0 Å². The molecule has 0 aliphatic heterocycles. The molecular weight excluding hydrogens is 390 g/mol. The summed E-state index contributed by atoms with van der Waals surface area (Å²) in [6, 6.07) is 16.0. The molecule has 0 aliphatic carbocycles. The minimum atomic E-state index is -0.222. The van der Waals surface area contributed by atoms with Crippen molar-refractivity contribution in [2.24, 2.45) is 0 Å². The van der Waals surface area contributed by atoms with Crippen molar-refractivity contribution in [2.45, 2.75) is 43.8 Å². The zero-order chi connectivity index (χ0) is 19.9. The van der Waals surface area contributed by atoms with Crippen molar-refractivity contribution < 1.29 is 4.74 Å². The van der Waals surface area contributed by atoms with Crippen molar-refractivity contribution in [2.75, 3.05) is 0 Å². The Morgan fingerprint density at radius 2 is 1.96 bits per heavy atom. The van der Waals surface area contributed by atoms with E-state index in [2.05, 4.69) is 41.9 Å². The summed E-state index contributed by atoms with van der Waals surface area (Å²) >= 11 is 7.70. The molecule has 0 bridgehead atoms. The Morgan fingerprint density at radius 3 is 2.64 bits per heavy atom. The van der Waals surface area contributed by atoms with E-state index in [4.69, 9.17) is 16.3 Å². The van der Waals surface area contributed by atoms with Crippen LogP contribution in [0.2, 0.25) is 5.02 Å². The number of ether oxygens (including phenoxy) is 1. The van der Waals surface area contributed by atoms with Crippen LogP contribution in [0.5, 0.6) is 5.75 Å². The lowest BCUT2D eigenvalue weighted by Crippen LogP contribution is -2.12. The third kappa shape index (κ3) is 5.18. The van der Waals surface area contributed by atoms with Gasteiger partial charge in [-0.15, -0.1) is 16.8 Å². The van der Waals surface area contributed by atoms with Crippen molar-refractivity contribution in [1.82, 2.24) is 14.8 Å². The molecule has 1 atom stereocenters. The number of nitrogens with zero attached hydrogens (tertiary/aromatic N) is 3. The summed E-state index contributed by atoms with van der Waals surface area (Å²) in [5.74, 6) is 2.38. The van der Waals surface area contributed by atoms with Gasteiger partial charge < -0.3 is 4.74 Å². The van der Waals surface area contributed by atoms with Gasteiger partial charge in [0.05, 0.1) is 0 Å². The van der Waals surface area contributed by atoms with E-state index in [9.17, 15) is 0 Å². The molecule has 1 heterocycles. The lowest BCUT2D eigenvalue weighted by molar-refractivity contribution is 0.210. The molecule has 28 heavy (non-hydrogen) atoms. The molecule has 0 radical (unpaired) electrons. The van der Waals surface area contributed by atoms with E-state index in [1.807, 2.05) is 47.9 Å². The minimum absolute atomic E-state index is 0.222. The number of benzene rings is 2. The molecule has 1 aromatic heterocycles. The van der Waals surface area contributed by atoms with Gasteiger partial charge in [0.25, 0.3) is 0 Å². The number of allylic oxidation sites excluding steroid dienone is 1. The van der Waals surface area contributed by atoms with Crippen LogP contribution in [-0.4, -0.2) is 14.8 Å². The molecule has 3 rings (SSSR count). The molecule has 0 fully saturated rings. The Kier molecular flexibility index (Phi) is 7.18. The van der Waals surface area contributed by atoms with E-state index in [1.54, 1.807) is 11.8 Å². The quantitative estimate of drug-likeness (QED) is 0.313. The Bertz CT molecular complexity index is 924. The van der Waals surface area contributed by atoms with Crippen molar-refractivity contribution >= 4 is 23.4 Å². The van der Waals surface area contributed by atoms with E-state index >= 15 is 0 Å². The first kappa shape index (κ1) is 20.5. The molecule has 0 N–H and O–H groups in total. The number of halogens is 1. The molecule has 3 aromatic rings. The van der Waals surface area contributed by atoms with Crippen LogP contribution in [0.4, 0.5) is 0 Å². The first-order valence-electron chi connectivity index (χ1n) is 9.27. The zero-order valence-electron chi connectivity index (χ0n) is 16.1. The maximum Gasteiger partial charge on any atom is 0.191 e. The molecule has 0 saturated heterocycles. The van der Waals surface area contributed by atoms with Crippen LogP contribution in [0, 0.1) is 0 Å². The average molecular weight is 414 g/mol. The molecule has 0 amide bonds. The molecule has 6 heteroatoms. The van der Waals surface area contributed by atoms with Gasteiger partial charge in [-0.3, -0.25) is 4.57 Å². The summed E-state index contributed by atoms with van der Waals surface area (Å²) in [6.45, 7) is 8.62. The standard InChI is InChI=1S/C22H24ClN3OS/c1-4-13-26-21(16(3)27-20-11-9-17(5-2)10-12-20)24-25-22(26)28-15-18-7-6-8-19(23)14-18/h4,6-12,14,16H,1,5,13,15H2,2-3H3. The number of rotatable bonds is 9. The first-order valence-corrected chi connectivity index (χ1v) is 10.6. The molecule has 2 aromatic carbocycles. The topological polar surface area (TPSA) is 39.9 Å². The predicted octanol–water partition coefficient (Wildman–Crippen LogP) is 6.11. The fourth-order valence-electron chi connectivity index (χ4n) is 2.84. The Morgan fingerprint density at radius 1 is 1.18 bits per heavy atom. The molecule has 0 aliphatic rings. The van der Waals surface area contributed by atoms with Crippen LogP contribution < -0.4 is 4.74 Å². The molecule has 4 nitrogen and oxygen atoms in total. The largest absolute Gasteiger partial charge is 0.483 e. The summed E-state index contributed by atoms with van der Waals surface area (Å²) in [4.78, 5) is 0. The van der Waals surface area contributed by atoms with Crippen molar-refractivity contribution in [3.63, 3.8) is 0 Å². The predicted molar refractivity (Wildman–Crippen MR) is 116 cm³/mol. The second-order valence-electron chi connectivity index (χ2n) is 6.42. The summed E-state index contributed by atoms with van der Waals surface area (Å²) in [7, 11) is 0. The Labute approximate surface area is 175 Å². The van der Waals surface area contributed by atoms with Gasteiger partial charge in [0, 0.05) is 17.3 Å². The van der Waals surface area contributed by atoms with E-state index in [0.717, 1.165) is 39.5 Å². The van der Waals surface area contributed by atoms with Crippen LogP contribution in [0.15, 0.2) is 66.3 Å². The minimum Gasteiger partial charge on any atom is -0.483 e. The van der Waals surface area contributed by atoms with Crippen molar-refractivity contribution in [3.05, 3.63) is 83.2 Å². The number of aryl methyl sites for hydroxylation is 1. The number of thioether (sulfide) groups is 1. The highest BCUT2D eigenvalue weighted by molar-refractivity contribution is 7.98. The fraction of sp³-hybridized carbons (Fsp3) is 0.273. The highest BCUT2D eigenvalue weighted by Gasteiger charge is 2.19. The second kappa shape index (κ2) is 9.80. The van der Waals surface area contributed by atoms with Gasteiger partial charge in [0.15, 0.2) is 17.1 Å². The lowest BCUT2D eigenvalue weighted by atomic mass is 10.2. The Hall–Kier alpha value is -2.24. The van der Waals surface area contributed by atoms with Crippen LogP contribution in [-0.2, 0) is 18.7 Å². The number of hydrogen-bond acceptors (Lipinski definition) is 4. The van der Waals surface area contributed by atoms with Gasteiger partial charge in [0.1, 0.15) is 5.75 Å². The SMILES string of the molecule is C=CCn1c(SCc2cccc(Cl)c2)nnc1C(C)Oc1ccc(CC)cc1. The highest BCUT2D eigenvalue weighted by Crippen LogP contribution is 2.27.